The van der Waals surface area contributed by atoms with Gasteiger partial charge in [-0.15, -0.1) is 0 Å². The fourth-order valence-corrected chi connectivity index (χ4v) is 8.23. The highest BCUT2D eigenvalue weighted by atomic mass is 32.2. The number of fused-ring (bicyclic) bond motifs is 3. The van der Waals surface area contributed by atoms with Crippen LogP contribution in [-0.2, 0) is 25.9 Å². The van der Waals surface area contributed by atoms with Crippen molar-refractivity contribution in [1.82, 2.24) is 10.2 Å². The Labute approximate surface area is 243 Å². The van der Waals surface area contributed by atoms with Crippen LogP contribution in [0.15, 0.2) is 77.9 Å². The van der Waals surface area contributed by atoms with E-state index >= 15 is 0 Å². The van der Waals surface area contributed by atoms with Gasteiger partial charge in [0.2, 0.25) is 0 Å². The van der Waals surface area contributed by atoms with Crippen LogP contribution in [-0.4, -0.2) is 55.0 Å². The highest BCUT2D eigenvalue weighted by Gasteiger charge is 2.60. The molecule has 1 amide bonds. The van der Waals surface area contributed by atoms with E-state index in [1.54, 1.807) is 35.4 Å². The first kappa shape index (κ1) is 29.1. The largest absolute Gasteiger partial charge is 0.501 e. The molecule has 0 radical (unpaired) electrons. The molecule has 2 aliphatic rings. The predicted molar refractivity (Wildman–Crippen MR) is 162 cm³/mol. The lowest BCUT2D eigenvalue weighted by Gasteiger charge is -2.29. The van der Waals surface area contributed by atoms with Crippen LogP contribution < -0.4 is 5.32 Å². The second-order valence-electron chi connectivity index (χ2n) is 11.9. The molecule has 1 N–H and O–H groups in total. The molecule has 7 nitrogen and oxygen atoms in total. The van der Waals surface area contributed by atoms with Gasteiger partial charge < -0.3 is 14.8 Å². The van der Waals surface area contributed by atoms with Gasteiger partial charge in [-0.1, -0.05) is 55.5 Å². The average Bonchev–Trinajstić information content (AvgIpc) is 3.50. The molecule has 8 heteroatoms. The van der Waals surface area contributed by atoms with Crippen molar-refractivity contribution in [2.45, 2.75) is 87.4 Å². The number of hydrogen-bond acceptors (Lipinski definition) is 6. The minimum absolute atomic E-state index is 0.253. The van der Waals surface area contributed by atoms with Gasteiger partial charge in [-0.25, -0.2) is 13.2 Å². The Hall–Kier alpha value is -3.36. The van der Waals surface area contributed by atoms with Crippen LogP contribution in [0.2, 0.25) is 0 Å². The fraction of sp³-hybridized carbons (Fsp3) is 0.424. The van der Waals surface area contributed by atoms with Crippen molar-refractivity contribution in [2.75, 3.05) is 6.61 Å². The third kappa shape index (κ3) is 6.28. The minimum Gasteiger partial charge on any atom is -0.501 e. The smallest absolute Gasteiger partial charge is 0.410 e. The van der Waals surface area contributed by atoms with E-state index in [0.717, 1.165) is 34.7 Å². The van der Waals surface area contributed by atoms with Crippen LogP contribution in [0.5, 0.6) is 0 Å². The summed E-state index contributed by atoms with van der Waals surface area (Å²) in [5.74, 6) is 0. The summed E-state index contributed by atoms with van der Waals surface area (Å²) in [7, 11) is -3.78. The topological polar surface area (TPSA) is 84.9 Å². The van der Waals surface area contributed by atoms with Crippen LogP contribution >= 0.6 is 0 Å². The lowest BCUT2D eigenvalue weighted by Crippen LogP contribution is -2.50. The van der Waals surface area contributed by atoms with Crippen LogP contribution in [0.3, 0.4) is 0 Å². The second kappa shape index (κ2) is 11.9. The normalized spacial score (nSPS) is 22.5. The molecule has 3 aromatic rings. The van der Waals surface area contributed by atoms with Crippen LogP contribution in [0.4, 0.5) is 4.79 Å². The molecule has 2 fully saturated rings. The molecule has 0 aliphatic carbocycles. The Bertz CT molecular complexity index is 1510. The van der Waals surface area contributed by atoms with Gasteiger partial charge in [0.05, 0.1) is 29.8 Å². The quantitative estimate of drug-likeness (QED) is 0.237. The molecular weight excluding hydrogens is 536 g/mol. The Morgan fingerprint density at radius 2 is 1.71 bits per heavy atom. The molecule has 218 valence electrons. The first-order chi connectivity index (χ1) is 19.6. The predicted octanol–water partition coefficient (Wildman–Crippen LogP) is 6.32. The van der Waals surface area contributed by atoms with Crippen LogP contribution in [0.25, 0.3) is 16.8 Å². The van der Waals surface area contributed by atoms with Crippen LogP contribution in [0.1, 0.15) is 58.1 Å². The van der Waals surface area contributed by atoms with Crippen molar-refractivity contribution in [3.8, 4) is 0 Å². The zero-order chi connectivity index (χ0) is 29.2. The van der Waals surface area contributed by atoms with E-state index in [4.69, 9.17) is 9.47 Å². The maximum atomic E-state index is 14.2. The minimum atomic E-state index is -3.78. The van der Waals surface area contributed by atoms with E-state index in [9.17, 15) is 13.2 Å². The molecule has 3 aromatic carbocycles. The number of rotatable bonds is 9. The SMILES string of the molecule is CCCO/C=C/c1ccc(S(=O)(=O)[C@H]2[C@H](NCc3ccc4ccccc4c3)[C@H]3CC[C@@H]2N3C(=O)OC(C)(C)C)cc1. The highest BCUT2D eigenvalue weighted by molar-refractivity contribution is 7.92. The summed E-state index contributed by atoms with van der Waals surface area (Å²) < 4.78 is 39.6. The van der Waals surface area contributed by atoms with E-state index in [0.29, 0.717) is 19.6 Å². The molecule has 0 saturated carbocycles. The summed E-state index contributed by atoms with van der Waals surface area (Å²) in [6.07, 6.45) is 5.27. The van der Waals surface area contributed by atoms with Crippen LogP contribution in [0, 0.1) is 0 Å². The molecule has 2 bridgehead atoms. The summed E-state index contributed by atoms with van der Waals surface area (Å²) in [5, 5.41) is 5.06. The number of nitrogens with zero attached hydrogens (tertiary/aromatic N) is 1. The Morgan fingerprint density at radius 3 is 2.41 bits per heavy atom. The van der Waals surface area contributed by atoms with Gasteiger partial charge in [0.25, 0.3) is 0 Å². The van der Waals surface area contributed by atoms with E-state index in [1.807, 2.05) is 45.9 Å². The van der Waals surface area contributed by atoms with Gasteiger partial charge in [-0.2, -0.15) is 0 Å². The summed E-state index contributed by atoms with van der Waals surface area (Å²) >= 11 is 0. The lowest BCUT2D eigenvalue weighted by molar-refractivity contribution is 0.0210. The van der Waals surface area contributed by atoms with Crippen molar-refractivity contribution in [1.29, 1.82) is 0 Å². The summed E-state index contributed by atoms with van der Waals surface area (Å²) in [4.78, 5) is 15.3. The van der Waals surface area contributed by atoms with E-state index in [-0.39, 0.29) is 10.9 Å². The standard InChI is InChI=1S/C33H40N2O5S/c1-5-19-39-20-18-23-11-14-27(15-12-23)41(37,38)31-29-17-16-28(35(29)32(36)40-33(2,3)4)30(31)34-22-24-10-13-25-8-6-7-9-26(25)21-24/h6-15,18,20-21,28-31,34H,5,16-17,19,22H2,1-4H3/b20-18+/t28-,29+,30-,31-/m1/s1. The van der Waals surface area contributed by atoms with Crippen molar-refractivity contribution in [3.63, 3.8) is 0 Å². The summed E-state index contributed by atoms with van der Waals surface area (Å²) in [6.45, 7) is 8.65. The first-order valence-electron chi connectivity index (χ1n) is 14.4. The maximum absolute atomic E-state index is 14.2. The van der Waals surface area contributed by atoms with E-state index < -0.39 is 38.9 Å². The number of benzene rings is 3. The molecule has 4 atom stereocenters. The zero-order valence-corrected chi connectivity index (χ0v) is 25.1. The first-order valence-corrected chi connectivity index (χ1v) is 16.0. The Morgan fingerprint density at radius 1 is 1.00 bits per heavy atom. The Kier molecular flexibility index (Phi) is 8.43. The molecular formula is C33H40N2O5S. The molecule has 2 aliphatic heterocycles. The third-order valence-electron chi connectivity index (χ3n) is 7.83. The number of nitrogens with one attached hydrogen (secondary N) is 1. The van der Waals surface area contributed by atoms with Gasteiger partial charge in [0, 0.05) is 12.6 Å². The maximum Gasteiger partial charge on any atom is 0.410 e. The zero-order valence-electron chi connectivity index (χ0n) is 24.2. The molecule has 2 saturated heterocycles. The molecule has 0 aromatic heterocycles. The molecule has 5 rings (SSSR count). The molecule has 0 spiro atoms. The number of amides is 1. The van der Waals surface area contributed by atoms with Gasteiger partial charge in [-0.05, 0) is 86.2 Å². The lowest BCUT2D eigenvalue weighted by atomic mass is 9.94. The second-order valence-corrected chi connectivity index (χ2v) is 14.0. The number of ether oxygens (including phenoxy) is 2. The monoisotopic (exact) mass is 576 g/mol. The van der Waals surface area contributed by atoms with E-state index in [2.05, 4.69) is 35.6 Å². The van der Waals surface area contributed by atoms with Gasteiger partial charge in [0.15, 0.2) is 9.84 Å². The highest BCUT2D eigenvalue weighted by Crippen LogP contribution is 2.44. The van der Waals surface area contributed by atoms with Crippen molar-refractivity contribution in [2.24, 2.45) is 0 Å². The van der Waals surface area contributed by atoms with Gasteiger partial charge in [-0.3, -0.25) is 4.90 Å². The molecule has 2 heterocycles. The fourth-order valence-electron chi connectivity index (χ4n) is 6.06. The van der Waals surface area contributed by atoms with E-state index in [1.165, 1.54) is 0 Å². The van der Waals surface area contributed by atoms with Crippen molar-refractivity contribution in [3.05, 3.63) is 84.1 Å². The van der Waals surface area contributed by atoms with Gasteiger partial charge in [0.1, 0.15) is 10.9 Å². The number of sulfone groups is 1. The summed E-state index contributed by atoms with van der Waals surface area (Å²) in [5.41, 5.74) is 1.24. The van der Waals surface area contributed by atoms with Gasteiger partial charge >= 0.3 is 6.09 Å². The number of carbonyl (C=O) groups is 1. The molecule has 0 unspecified atom stereocenters. The average molecular weight is 577 g/mol. The molecule has 41 heavy (non-hydrogen) atoms. The Balaban J connectivity index is 1.42. The number of carbonyl (C=O) groups excluding carboxylic acids is 1. The third-order valence-corrected chi connectivity index (χ3v) is 10.1. The number of hydrogen-bond donors (Lipinski definition) is 1. The summed E-state index contributed by atoms with van der Waals surface area (Å²) in [6, 6.07) is 20.2. The van der Waals surface area contributed by atoms with Crippen molar-refractivity contribution >= 4 is 32.8 Å². The van der Waals surface area contributed by atoms with Crippen molar-refractivity contribution < 1.29 is 22.7 Å².